The van der Waals surface area contributed by atoms with Crippen molar-refractivity contribution in [2.24, 2.45) is 0 Å². The number of rotatable bonds is 6. The van der Waals surface area contributed by atoms with Gasteiger partial charge in [0.1, 0.15) is 28.7 Å². The Morgan fingerprint density at radius 2 is 1.73 bits per heavy atom. The van der Waals surface area contributed by atoms with Gasteiger partial charge in [0.25, 0.3) is 5.91 Å². The largest absolute Gasteiger partial charge is 0.508 e. The molecule has 0 aliphatic carbocycles. The predicted octanol–water partition coefficient (Wildman–Crippen LogP) is 4.49. The second-order valence-electron chi connectivity index (χ2n) is 9.28. The minimum Gasteiger partial charge on any atom is -0.508 e. The van der Waals surface area contributed by atoms with Crippen LogP contribution in [0.3, 0.4) is 0 Å². The van der Waals surface area contributed by atoms with E-state index in [1.165, 1.54) is 24.3 Å². The average Bonchev–Trinajstić information content (AvgIpc) is 3.16. The lowest BCUT2D eigenvalue weighted by molar-refractivity contribution is 0.0881. The third-order valence-electron chi connectivity index (χ3n) is 6.82. The predicted molar refractivity (Wildman–Crippen MR) is 130 cm³/mol. The van der Waals surface area contributed by atoms with Crippen LogP contribution in [0, 0.1) is 11.6 Å². The maximum atomic E-state index is 14.0. The summed E-state index contributed by atoms with van der Waals surface area (Å²) in [6.45, 7) is 0.213. The van der Waals surface area contributed by atoms with Gasteiger partial charge in [-0.2, -0.15) is 0 Å². The number of ether oxygens (including phenoxy) is 1. The lowest BCUT2D eigenvalue weighted by atomic mass is 9.97. The molecule has 8 nitrogen and oxygen atoms in total. The van der Waals surface area contributed by atoms with Crippen LogP contribution in [0.15, 0.2) is 60.8 Å². The van der Waals surface area contributed by atoms with Crippen molar-refractivity contribution in [1.82, 2.24) is 20.5 Å². The second-order valence-corrected chi connectivity index (χ2v) is 9.28. The molecule has 3 atom stereocenters. The summed E-state index contributed by atoms with van der Waals surface area (Å²) in [6, 6.07) is 12.6. The number of nitrogens with one attached hydrogen (secondary N) is 2. The van der Waals surface area contributed by atoms with Crippen LogP contribution in [0.2, 0.25) is 0 Å². The van der Waals surface area contributed by atoms with Gasteiger partial charge in [-0.3, -0.25) is 4.79 Å². The highest BCUT2D eigenvalue weighted by Gasteiger charge is 2.43. The van der Waals surface area contributed by atoms with Gasteiger partial charge in [-0.15, -0.1) is 0 Å². The Balaban J connectivity index is 1.22. The van der Waals surface area contributed by atoms with E-state index in [1.54, 1.807) is 24.3 Å². The number of para-hydroxylation sites is 1. The number of aromatic nitrogens is 1. The van der Waals surface area contributed by atoms with Crippen molar-refractivity contribution in [3.63, 3.8) is 0 Å². The number of carbonyl (C=O) groups excluding carboxylic acids is 2. The highest BCUT2D eigenvalue weighted by Crippen LogP contribution is 2.36. The number of aromatic hydroxyl groups is 1. The minimum atomic E-state index is -0.687. The van der Waals surface area contributed by atoms with Gasteiger partial charge in [0.15, 0.2) is 0 Å². The maximum absolute atomic E-state index is 14.0. The van der Waals surface area contributed by atoms with E-state index in [2.05, 4.69) is 15.6 Å². The average molecular weight is 509 g/mol. The molecule has 2 saturated heterocycles. The molecule has 2 bridgehead atoms. The summed E-state index contributed by atoms with van der Waals surface area (Å²) in [5.41, 5.74) is 0.562. The number of hydrogen-bond donors (Lipinski definition) is 3. The standard InChI is InChI=1S/C27H26F2N4O4/c28-17-5-9-22(10-6-17)37-26-23(11-18(29)15-30-26)25(35)32-19-12-20-7-8-21(13-19)33(20)27(36)31-14-16-3-1-2-4-24(16)34/h1-6,9-11,15,19-21,34H,7-8,12-14H2,(H,31,36)(H,32,35)/t19?,20-,21+. The van der Waals surface area contributed by atoms with E-state index in [0.29, 0.717) is 18.4 Å². The molecule has 3 aromatic rings. The summed E-state index contributed by atoms with van der Waals surface area (Å²) >= 11 is 0. The summed E-state index contributed by atoms with van der Waals surface area (Å²) in [4.78, 5) is 31.8. The first-order chi connectivity index (χ1) is 17.9. The van der Waals surface area contributed by atoms with Crippen molar-refractivity contribution in [2.45, 2.75) is 50.4 Å². The molecular formula is C27H26F2N4O4. The van der Waals surface area contributed by atoms with E-state index >= 15 is 0 Å². The Hall–Kier alpha value is -4.21. The molecule has 2 aliphatic heterocycles. The van der Waals surface area contributed by atoms with Crippen LogP contribution in [0.1, 0.15) is 41.6 Å². The molecule has 10 heteroatoms. The number of phenols is 1. The summed E-state index contributed by atoms with van der Waals surface area (Å²) in [6.07, 6.45) is 3.71. The molecule has 2 aliphatic rings. The van der Waals surface area contributed by atoms with Crippen LogP contribution in [0.25, 0.3) is 0 Å². The third kappa shape index (κ3) is 5.47. The number of urea groups is 1. The summed E-state index contributed by atoms with van der Waals surface area (Å²) < 4.78 is 32.8. The van der Waals surface area contributed by atoms with E-state index < -0.39 is 17.5 Å². The number of fused-ring (bicyclic) bond motifs is 2. The molecule has 192 valence electrons. The van der Waals surface area contributed by atoms with E-state index in [-0.39, 0.29) is 53.6 Å². The Morgan fingerprint density at radius 1 is 1.03 bits per heavy atom. The van der Waals surface area contributed by atoms with Gasteiger partial charge in [0.05, 0.1) is 6.20 Å². The zero-order valence-corrected chi connectivity index (χ0v) is 19.9. The number of pyridine rings is 1. The number of carbonyl (C=O) groups is 2. The van der Waals surface area contributed by atoms with Crippen molar-refractivity contribution >= 4 is 11.9 Å². The van der Waals surface area contributed by atoms with Gasteiger partial charge in [-0.05, 0) is 62.1 Å². The number of phenolic OH excluding ortho intramolecular Hbond substituents is 1. The molecular weight excluding hydrogens is 482 g/mol. The highest BCUT2D eigenvalue weighted by atomic mass is 19.1. The van der Waals surface area contributed by atoms with Crippen LogP contribution >= 0.6 is 0 Å². The molecule has 3 amide bonds. The number of piperidine rings is 1. The molecule has 1 aromatic heterocycles. The third-order valence-corrected chi connectivity index (χ3v) is 6.82. The fourth-order valence-corrected chi connectivity index (χ4v) is 5.10. The van der Waals surface area contributed by atoms with E-state index in [4.69, 9.17) is 4.74 Å². The SMILES string of the molecule is O=C(NC1C[C@H]2CC[C@@H](C1)N2C(=O)NCc1ccccc1O)c1cc(F)cnc1Oc1ccc(F)cc1. The van der Waals surface area contributed by atoms with Gasteiger partial charge in [-0.1, -0.05) is 18.2 Å². The highest BCUT2D eigenvalue weighted by molar-refractivity contribution is 5.96. The Labute approximate surface area is 212 Å². The molecule has 2 aromatic carbocycles. The summed E-state index contributed by atoms with van der Waals surface area (Å²) in [5.74, 6) is -1.36. The molecule has 0 saturated carbocycles. The first-order valence-electron chi connectivity index (χ1n) is 12.1. The molecule has 0 radical (unpaired) electrons. The topological polar surface area (TPSA) is 104 Å². The summed E-state index contributed by atoms with van der Waals surface area (Å²) in [5, 5.41) is 15.8. The summed E-state index contributed by atoms with van der Waals surface area (Å²) in [7, 11) is 0. The smallest absolute Gasteiger partial charge is 0.318 e. The van der Waals surface area contributed by atoms with Gasteiger partial charge < -0.3 is 25.4 Å². The van der Waals surface area contributed by atoms with Gasteiger partial charge in [-0.25, -0.2) is 18.6 Å². The zero-order chi connectivity index (χ0) is 25.9. The molecule has 5 rings (SSSR count). The maximum Gasteiger partial charge on any atom is 0.318 e. The van der Waals surface area contributed by atoms with Crippen molar-refractivity contribution in [1.29, 1.82) is 0 Å². The van der Waals surface area contributed by atoms with Crippen LogP contribution in [-0.4, -0.2) is 45.1 Å². The number of benzene rings is 2. The molecule has 37 heavy (non-hydrogen) atoms. The van der Waals surface area contributed by atoms with Crippen molar-refractivity contribution in [2.75, 3.05) is 0 Å². The van der Waals surface area contributed by atoms with E-state index in [9.17, 15) is 23.5 Å². The van der Waals surface area contributed by atoms with Crippen LogP contribution in [0.4, 0.5) is 13.6 Å². The Kier molecular flexibility index (Phi) is 6.89. The van der Waals surface area contributed by atoms with Gasteiger partial charge in [0, 0.05) is 30.2 Å². The molecule has 0 spiro atoms. The van der Waals surface area contributed by atoms with Crippen LogP contribution in [0.5, 0.6) is 17.4 Å². The normalized spacial score (nSPS) is 20.4. The molecule has 1 unspecified atom stereocenters. The lowest BCUT2D eigenvalue weighted by Crippen LogP contribution is -2.55. The quantitative estimate of drug-likeness (QED) is 0.455. The fraction of sp³-hybridized carbons (Fsp3) is 0.296. The Bertz CT molecular complexity index is 1290. The van der Waals surface area contributed by atoms with Crippen LogP contribution in [-0.2, 0) is 6.54 Å². The fourth-order valence-electron chi connectivity index (χ4n) is 5.10. The van der Waals surface area contributed by atoms with Gasteiger partial charge >= 0.3 is 6.03 Å². The molecule has 3 heterocycles. The van der Waals surface area contributed by atoms with E-state index in [0.717, 1.165) is 25.1 Å². The number of amides is 3. The zero-order valence-electron chi connectivity index (χ0n) is 19.9. The molecule has 3 N–H and O–H groups in total. The van der Waals surface area contributed by atoms with Crippen LogP contribution < -0.4 is 15.4 Å². The first kappa shape index (κ1) is 24.5. The number of hydrogen-bond acceptors (Lipinski definition) is 5. The first-order valence-corrected chi connectivity index (χ1v) is 12.1. The Morgan fingerprint density at radius 3 is 2.43 bits per heavy atom. The van der Waals surface area contributed by atoms with Crippen molar-refractivity contribution in [3.05, 3.63) is 83.6 Å². The monoisotopic (exact) mass is 508 g/mol. The minimum absolute atomic E-state index is 0.0472. The van der Waals surface area contributed by atoms with Crippen molar-refractivity contribution < 1.29 is 28.2 Å². The number of halogens is 2. The van der Waals surface area contributed by atoms with E-state index in [1.807, 2.05) is 4.90 Å². The van der Waals surface area contributed by atoms with Crippen molar-refractivity contribution in [3.8, 4) is 17.4 Å². The molecule has 2 fully saturated rings. The lowest BCUT2D eigenvalue weighted by Gasteiger charge is -2.39. The number of nitrogens with zero attached hydrogens (tertiary/aromatic N) is 2. The van der Waals surface area contributed by atoms with Gasteiger partial charge in [0.2, 0.25) is 5.88 Å². The second kappa shape index (κ2) is 10.4.